The van der Waals surface area contributed by atoms with Crippen molar-refractivity contribution in [2.24, 2.45) is 0 Å². The third-order valence-corrected chi connectivity index (χ3v) is 2.34. The maximum Gasteiger partial charge on any atom is 0.343 e. The Morgan fingerprint density at radius 3 is 2.72 bits per heavy atom. The molecule has 0 aliphatic rings. The van der Waals surface area contributed by atoms with E-state index in [2.05, 4.69) is 10.2 Å². The van der Waals surface area contributed by atoms with Gasteiger partial charge in [-0.25, -0.2) is 15.1 Å². The Morgan fingerprint density at radius 2 is 2.11 bits per heavy atom. The van der Waals surface area contributed by atoms with Crippen LogP contribution in [0.25, 0.3) is 0 Å². The zero-order chi connectivity index (χ0) is 13.5. The molecule has 0 aliphatic carbocycles. The van der Waals surface area contributed by atoms with Crippen molar-refractivity contribution in [1.82, 2.24) is 5.48 Å². The van der Waals surface area contributed by atoms with Gasteiger partial charge in [-0.1, -0.05) is 25.1 Å². The van der Waals surface area contributed by atoms with Gasteiger partial charge in [0.2, 0.25) is 0 Å². The Kier molecular flexibility index (Phi) is 5.13. The molecule has 0 spiro atoms. The largest absolute Gasteiger partial charge is 0.479 e. The van der Waals surface area contributed by atoms with E-state index in [1.165, 1.54) is 0 Å². The van der Waals surface area contributed by atoms with Gasteiger partial charge in [0.25, 0.3) is 0 Å². The Morgan fingerprint density at radius 1 is 1.39 bits per heavy atom. The predicted octanol–water partition coefficient (Wildman–Crippen LogP) is 1.70. The van der Waals surface area contributed by atoms with Crippen LogP contribution in [0.5, 0.6) is 0 Å². The molecule has 6 nitrogen and oxygen atoms in total. The summed E-state index contributed by atoms with van der Waals surface area (Å²) in [6.45, 7) is 3.29. The average Bonchev–Trinajstić information content (AvgIpc) is 2.31. The van der Waals surface area contributed by atoms with E-state index >= 15 is 0 Å². The minimum atomic E-state index is -1.15. The van der Waals surface area contributed by atoms with Gasteiger partial charge in [-0.2, -0.15) is 0 Å². The van der Waals surface area contributed by atoms with Gasteiger partial charge < -0.3 is 10.4 Å². The van der Waals surface area contributed by atoms with E-state index in [0.717, 1.165) is 23.2 Å². The average molecular weight is 252 g/mol. The molecule has 2 amide bonds. The highest BCUT2D eigenvalue weighted by Gasteiger charge is 2.08. The summed E-state index contributed by atoms with van der Waals surface area (Å²) in [6, 6.07) is 5.12. The second-order valence-corrected chi connectivity index (χ2v) is 3.70. The molecular formula is C12H16N2O4. The first-order valence-electron chi connectivity index (χ1n) is 5.53. The molecule has 1 rings (SSSR count). The quantitative estimate of drug-likeness (QED) is 0.696. The van der Waals surface area contributed by atoms with E-state index in [9.17, 15) is 9.59 Å². The van der Waals surface area contributed by atoms with Crippen LogP contribution >= 0.6 is 0 Å². The standard InChI is InChI=1S/C12H16N2O4/c1-3-9-6-4-5-8(2)11(9)13-12(17)14-18-7-10(15)16/h4-6H,3,7H2,1-2H3,(H,15,16)(H2,13,14,17). The van der Waals surface area contributed by atoms with Crippen molar-refractivity contribution in [2.75, 3.05) is 11.9 Å². The topological polar surface area (TPSA) is 87.7 Å². The maximum atomic E-state index is 11.5. The smallest absolute Gasteiger partial charge is 0.343 e. The summed E-state index contributed by atoms with van der Waals surface area (Å²) in [4.78, 5) is 26.2. The third kappa shape index (κ3) is 4.06. The number of hydrogen-bond acceptors (Lipinski definition) is 3. The van der Waals surface area contributed by atoms with Crippen molar-refractivity contribution < 1.29 is 19.5 Å². The van der Waals surface area contributed by atoms with Crippen LogP contribution in [-0.2, 0) is 16.1 Å². The number of benzene rings is 1. The number of anilines is 1. The fraction of sp³-hybridized carbons (Fsp3) is 0.333. The van der Waals surface area contributed by atoms with E-state index < -0.39 is 18.6 Å². The fourth-order valence-electron chi connectivity index (χ4n) is 1.50. The van der Waals surface area contributed by atoms with Crippen molar-refractivity contribution in [2.45, 2.75) is 20.3 Å². The van der Waals surface area contributed by atoms with Crippen molar-refractivity contribution >= 4 is 17.7 Å². The summed E-state index contributed by atoms with van der Waals surface area (Å²) in [7, 11) is 0. The molecular weight excluding hydrogens is 236 g/mol. The molecule has 0 saturated heterocycles. The van der Waals surface area contributed by atoms with Crippen molar-refractivity contribution in [1.29, 1.82) is 0 Å². The van der Waals surface area contributed by atoms with E-state index in [4.69, 9.17) is 5.11 Å². The highest BCUT2D eigenvalue weighted by Crippen LogP contribution is 2.20. The summed E-state index contributed by atoms with van der Waals surface area (Å²) >= 11 is 0. The second kappa shape index (κ2) is 6.61. The number of nitrogens with one attached hydrogen (secondary N) is 2. The van der Waals surface area contributed by atoms with Crippen LogP contribution in [-0.4, -0.2) is 23.7 Å². The number of rotatable bonds is 5. The van der Waals surface area contributed by atoms with E-state index in [-0.39, 0.29) is 0 Å². The molecule has 0 saturated carbocycles. The normalized spacial score (nSPS) is 9.89. The van der Waals surface area contributed by atoms with Crippen LogP contribution in [0.4, 0.5) is 10.5 Å². The molecule has 0 aliphatic heterocycles. The number of aryl methyl sites for hydroxylation is 2. The molecule has 0 fully saturated rings. The number of carbonyl (C=O) groups is 2. The van der Waals surface area contributed by atoms with E-state index in [0.29, 0.717) is 0 Å². The van der Waals surface area contributed by atoms with E-state index in [1.54, 1.807) is 0 Å². The fourth-order valence-corrected chi connectivity index (χ4v) is 1.50. The number of hydroxylamine groups is 1. The number of aliphatic carboxylic acids is 1. The van der Waals surface area contributed by atoms with Crippen LogP contribution in [0.15, 0.2) is 18.2 Å². The van der Waals surface area contributed by atoms with Crippen LogP contribution in [0.2, 0.25) is 0 Å². The number of hydrogen-bond donors (Lipinski definition) is 3. The molecule has 0 radical (unpaired) electrons. The molecule has 1 aromatic rings. The molecule has 1 aromatic carbocycles. The highest BCUT2D eigenvalue weighted by molar-refractivity contribution is 5.90. The lowest BCUT2D eigenvalue weighted by Gasteiger charge is -2.13. The molecule has 98 valence electrons. The molecule has 6 heteroatoms. The number of amides is 2. The van der Waals surface area contributed by atoms with Gasteiger partial charge in [-0.05, 0) is 24.5 Å². The Bertz CT molecular complexity index is 446. The lowest BCUT2D eigenvalue weighted by Crippen LogP contribution is -2.31. The van der Waals surface area contributed by atoms with Crippen LogP contribution in [0.1, 0.15) is 18.1 Å². The monoisotopic (exact) mass is 252 g/mol. The SMILES string of the molecule is CCc1cccc(C)c1NC(=O)NOCC(=O)O. The maximum absolute atomic E-state index is 11.5. The van der Waals surface area contributed by atoms with Gasteiger partial charge in [0, 0.05) is 5.69 Å². The van der Waals surface area contributed by atoms with Crippen LogP contribution < -0.4 is 10.8 Å². The first-order valence-corrected chi connectivity index (χ1v) is 5.53. The number of carboxylic acid groups (broad SMARTS) is 1. The molecule has 0 unspecified atom stereocenters. The summed E-state index contributed by atoms with van der Waals surface area (Å²) in [6.07, 6.45) is 0.785. The first-order chi connectivity index (χ1) is 8.54. The van der Waals surface area contributed by atoms with Gasteiger partial charge in [0.15, 0.2) is 6.61 Å². The summed E-state index contributed by atoms with van der Waals surface area (Å²) in [5, 5.41) is 11.0. The van der Waals surface area contributed by atoms with Gasteiger partial charge in [0.1, 0.15) is 0 Å². The summed E-state index contributed by atoms with van der Waals surface area (Å²) in [5.74, 6) is -1.15. The number of urea groups is 1. The third-order valence-electron chi connectivity index (χ3n) is 2.34. The predicted molar refractivity (Wildman–Crippen MR) is 66.3 cm³/mol. The van der Waals surface area contributed by atoms with Crippen molar-refractivity contribution in [3.05, 3.63) is 29.3 Å². The highest BCUT2D eigenvalue weighted by atomic mass is 16.7. The van der Waals surface area contributed by atoms with Crippen molar-refractivity contribution in [3.63, 3.8) is 0 Å². The Balaban J connectivity index is 2.61. The minimum Gasteiger partial charge on any atom is -0.479 e. The minimum absolute atomic E-state index is 0.582. The van der Waals surface area contributed by atoms with Crippen LogP contribution in [0.3, 0.4) is 0 Å². The molecule has 3 N–H and O–H groups in total. The van der Waals surface area contributed by atoms with Crippen molar-refractivity contribution in [3.8, 4) is 0 Å². The van der Waals surface area contributed by atoms with Crippen LogP contribution in [0, 0.1) is 6.92 Å². The first kappa shape index (κ1) is 14.0. The number of carbonyl (C=O) groups excluding carboxylic acids is 1. The molecule has 0 heterocycles. The molecule has 18 heavy (non-hydrogen) atoms. The van der Waals surface area contributed by atoms with Gasteiger partial charge in [-0.15, -0.1) is 0 Å². The second-order valence-electron chi connectivity index (χ2n) is 3.70. The number of para-hydroxylation sites is 1. The van der Waals surface area contributed by atoms with Gasteiger partial charge in [0.05, 0.1) is 0 Å². The zero-order valence-electron chi connectivity index (χ0n) is 10.3. The lowest BCUT2D eigenvalue weighted by molar-refractivity contribution is -0.143. The Hall–Kier alpha value is -2.08. The number of carboxylic acids is 1. The summed E-state index contributed by atoms with van der Waals surface area (Å²) < 4.78 is 0. The lowest BCUT2D eigenvalue weighted by atomic mass is 10.1. The zero-order valence-corrected chi connectivity index (χ0v) is 10.3. The van der Waals surface area contributed by atoms with Gasteiger partial charge >= 0.3 is 12.0 Å². The van der Waals surface area contributed by atoms with E-state index in [1.807, 2.05) is 37.5 Å². The van der Waals surface area contributed by atoms with Gasteiger partial charge in [-0.3, -0.25) is 4.84 Å². The molecule has 0 aromatic heterocycles. The summed E-state index contributed by atoms with van der Waals surface area (Å²) in [5.41, 5.74) is 4.67. The molecule has 0 bridgehead atoms. The Labute approximate surface area is 105 Å². The molecule has 0 atom stereocenters.